The van der Waals surface area contributed by atoms with Gasteiger partial charge in [0.2, 0.25) is 11.4 Å². The summed E-state index contributed by atoms with van der Waals surface area (Å²) in [4.78, 5) is 27.4. The highest BCUT2D eigenvalue weighted by Gasteiger charge is 2.24. The van der Waals surface area contributed by atoms with E-state index in [1.807, 2.05) is 35.3 Å². The molecule has 3 rings (SSSR count). The van der Waals surface area contributed by atoms with Gasteiger partial charge in [-0.3, -0.25) is 14.5 Å². The van der Waals surface area contributed by atoms with Gasteiger partial charge in [0.1, 0.15) is 5.88 Å². The Morgan fingerprint density at radius 1 is 1.17 bits per heavy atom. The molecule has 1 aliphatic rings. The maximum atomic E-state index is 12.1. The molecule has 0 N–H and O–H groups in total. The number of rotatable bonds is 9. The quantitative estimate of drug-likeness (QED) is 0.362. The molecule has 2 heterocycles. The predicted octanol–water partition coefficient (Wildman–Crippen LogP) is 2.43. The molecule has 1 saturated heterocycles. The first-order chi connectivity index (χ1) is 14.2. The molecule has 1 aliphatic heterocycles. The first kappa shape index (κ1) is 20.8. The minimum atomic E-state index is -0.689. The maximum absolute atomic E-state index is 12.1. The lowest BCUT2D eigenvalue weighted by Crippen LogP contribution is -2.65. The summed E-state index contributed by atoms with van der Waals surface area (Å²) >= 11 is 0. The Morgan fingerprint density at radius 3 is 2.66 bits per heavy atom. The van der Waals surface area contributed by atoms with Crippen molar-refractivity contribution in [2.45, 2.75) is 26.2 Å². The number of unbranched alkanes of at least 4 members (excludes halogenated alkanes) is 1. The number of Topliss-reactive ketones (excluding diaryl/α,β-unsaturated/α-hetero) is 1. The van der Waals surface area contributed by atoms with Crippen molar-refractivity contribution in [2.24, 2.45) is 0 Å². The Hall–Kier alpha value is -2.94. The number of ketones is 1. The molecule has 0 atom stereocenters. The second-order valence-corrected chi connectivity index (χ2v) is 6.81. The second kappa shape index (κ2) is 10.6. The van der Waals surface area contributed by atoms with Crippen molar-refractivity contribution in [3.8, 4) is 0 Å². The van der Waals surface area contributed by atoms with Gasteiger partial charge < -0.3 is 14.6 Å². The van der Waals surface area contributed by atoms with Crippen LogP contribution in [0.4, 0.5) is 10.7 Å². The minimum absolute atomic E-state index is 0.119. The van der Waals surface area contributed by atoms with Gasteiger partial charge in [-0.1, -0.05) is 30.3 Å². The highest BCUT2D eigenvalue weighted by molar-refractivity contribution is 5.95. The van der Waals surface area contributed by atoms with Crippen LogP contribution in [0.5, 0.6) is 0 Å². The van der Waals surface area contributed by atoms with E-state index in [0.29, 0.717) is 6.42 Å². The van der Waals surface area contributed by atoms with Gasteiger partial charge in [0.05, 0.1) is 24.5 Å². The van der Waals surface area contributed by atoms with Crippen molar-refractivity contribution in [1.82, 2.24) is 10.2 Å². The van der Waals surface area contributed by atoms with Crippen LogP contribution in [0.2, 0.25) is 0 Å². The molecule has 0 bridgehead atoms. The Kier molecular flexibility index (Phi) is 7.57. The molecule has 0 unspecified atom stereocenters. The molecule has 0 spiro atoms. The summed E-state index contributed by atoms with van der Waals surface area (Å²) in [6, 6.07) is 9.45. The van der Waals surface area contributed by atoms with Gasteiger partial charge in [-0.05, 0) is 26.3 Å². The highest BCUT2D eigenvalue weighted by atomic mass is 16.6. The predicted molar refractivity (Wildman–Crippen MR) is 106 cm³/mol. The summed E-state index contributed by atoms with van der Waals surface area (Å²) in [5.41, 5.74) is 0.791. The molecular weight excluding hydrogens is 374 g/mol. The number of carbonyl (C=O) groups excluding carboxylic acids is 2. The molecule has 1 fully saturated rings. The van der Waals surface area contributed by atoms with Crippen LogP contribution in [0.25, 0.3) is 5.32 Å². The summed E-state index contributed by atoms with van der Waals surface area (Å²) in [5.74, 6) is 0.329. The normalized spacial score (nSPS) is 14.6. The lowest BCUT2D eigenvalue weighted by Gasteiger charge is -2.29. The maximum Gasteiger partial charge on any atom is 0.257 e. The number of carbonyl (C=O) groups is 2. The zero-order chi connectivity index (χ0) is 20.5. The van der Waals surface area contributed by atoms with Crippen molar-refractivity contribution in [3.05, 3.63) is 47.4 Å². The third-order valence-electron chi connectivity index (χ3n) is 4.78. The summed E-state index contributed by atoms with van der Waals surface area (Å²) in [6.07, 6.45) is 3.36. The molecule has 1 amide bonds. The van der Waals surface area contributed by atoms with E-state index < -0.39 is 6.09 Å². The number of benzene rings is 1. The molecular formula is C20H27N5O4. The number of amides is 1. The van der Waals surface area contributed by atoms with E-state index >= 15 is 0 Å². The Morgan fingerprint density at radius 2 is 1.93 bits per heavy atom. The molecule has 1 aromatic heterocycles. The molecule has 9 nitrogen and oxygen atoms in total. The summed E-state index contributed by atoms with van der Waals surface area (Å²) < 4.78 is 9.82. The molecule has 1 aromatic carbocycles. The van der Waals surface area contributed by atoms with Crippen LogP contribution in [0, 0.1) is 0 Å². The smallest absolute Gasteiger partial charge is 0.257 e. The lowest BCUT2D eigenvalue weighted by atomic mass is 10.1. The second-order valence-electron chi connectivity index (χ2n) is 6.81. The first-order valence-corrected chi connectivity index (χ1v) is 9.98. The van der Waals surface area contributed by atoms with Crippen molar-refractivity contribution >= 4 is 17.8 Å². The Balaban J connectivity index is 1.34. The first-order valence-electron chi connectivity index (χ1n) is 9.98. The largest absolute Gasteiger partial charge is 0.552 e. The standard InChI is InChI=1S/C20H27N5O4/c1-2-28-20(27)21-19-16-25(22-29-19)24-14-12-23(13-15-24)11-7-6-10-18(26)17-8-4-3-5-9-17/h3-5,8-9,16H,2,6-7,10-15H2,1H3. The summed E-state index contributed by atoms with van der Waals surface area (Å²) in [5, 5.41) is 9.63. The number of aromatic nitrogens is 2. The van der Waals surface area contributed by atoms with E-state index in [1.54, 1.807) is 17.9 Å². The van der Waals surface area contributed by atoms with Gasteiger partial charge in [0.15, 0.2) is 5.78 Å². The number of hydrogen-bond donors (Lipinski definition) is 0. The lowest BCUT2D eigenvalue weighted by molar-refractivity contribution is -0.759. The highest BCUT2D eigenvalue weighted by Crippen LogP contribution is 2.15. The fourth-order valence-electron chi connectivity index (χ4n) is 3.21. The van der Waals surface area contributed by atoms with E-state index in [1.165, 1.54) is 0 Å². The van der Waals surface area contributed by atoms with E-state index in [-0.39, 0.29) is 18.3 Å². The number of ether oxygens (including phenoxy) is 1. The Bertz CT molecular complexity index is 787. The SMILES string of the molecule is CCOC(=O)[N-]c1c[n+](N2CCN(CCCCC(=O)c3ccccc3)CC2)no1. The van der Waals surface area contributed by atoms with E-state index in [2.05, 4.69) is 15.5 Å². The van der Waals surface area contributed by atoms with Gasteiger partial charge >= 0.3 is 0 Å². The zero-order valence-corrected chi connectivity index (χ0v) is 16.7. The molecule has 9 heteroatoms. The molecule has 0 aliphatic carbocycles. The minimum Gasteiger partial charge on any atom is -0.552 e. The molecule has 156 valence electrons. The van der Waals surface area contributed by atoms with Crippen molar-refractivity contribution < 1.29 is 23.6 Å². The molecule has 0 radical (unpaired) electrons. The Labute approximate surface area is 170 Å². The topological polar surface area (TPSA) is 93.9 Å². The third kappa shape index (κ3) is 6.28. The van der Waals surface area contributed by atoms with Gasteiger partial charge in [-0.15, -0.1) is 0 Å². The van der Waals surface area contributed by atoms with Gasteiger partial charge in [0, 0.05) is 25.1 Å². The van der Waals surface area contributed by atoms with Crippen LogP contribution in [0.1, 0.15) is 36.5 Å². The fraction of sp³-hybridized carbons (Fsp3) is 0.500. The van der Waals surface area contributed by atoms with E-state index in [4.69, 9.17) is 9.26 Å². The van der Waals surface area contributed by atoms with Crippen LogP contribution in [0.15, 0.2) is 41.1 Å². The van der Waals surface area contributed by atoms with Gasteiger partial charge in [-0.25, -0.2) is 0 Å². The van der Waals surface area contributed by atoms with Crippen LogP contribution in [0.3, 0.4) is 0 Å². The molecule has 0 saturated carbocycles. The van der Waals surface area contributed by atoms with Crippen molar-refractivity contribution in [2.75, 3.05) is 44.3 Å². The molecule has 2 aromatic rings. The average molecular weight is 401 g/mol. The monoisotopic (exact) mass is 401 g/mol. The van der Waals surface area contributed by atoms with Gasteiger partial charge in [0.25, 0.3) is 6.20 Å². The zero-order valence-electron chi connectivity index (χ0n) is 16.7. The van der Waals surface area contributed by atoms with Crippen LogP contribution >= 0.6 is 0 Å². The molecule has 29 heavy (non-hydrogen) atoms. The van der Waals surface area contributed by atoms with Crippen LogP contribution in [-0.2, 0) is 4.74 Å². The van der Waals surface area contributed by atoms with Crippen LogP contribution < -0.4 is 9.80 Å². The van der Waals surface area contributed by atoms with Crippen molar-refractivity contribution in [1.29, 1.82) is 0 Å². The van der Waals surface area contributed by atoms with E-state index in [0.717, 1.165) is 51.1 Å². The fourth-order valence-corrected chi connectivity index (χ4v) is 3.21. The third-order valence-corrected chi connectivity index (χ3v) is 4.78. The van der Waals surface area contributed by atoms with E-state index in [9.17, 15) is 9.59 Å². The summed E-state index contributed by atoms with van der Waals surface area (Å²) in [6.45, 7) is 6.34. The van der Waals surface area contributed by atoms with Crippen molar-refractivity contribution in [3.63, 3.8) is 0 Å². The van der Waals surface area contributed by atoms with Gasteiger partial charge in [-0.2, -0.15) is 5.01 Å². The average Bonchev–Trinajstić information content (AvgIpc) is 3.20. The summed E-state index contributed by atoms with van der Waals surface area (Å²) in [7, 11) is 0. The number of nitrogens with zero attached hydrogens (tertiary/aromatic N) is 5. The number of piperazine rings is 1. The van der Waals surface area contributed by atoms with Crippen LogP contribution in [-0.4, -0.2) is 61.4 Å². The number of hydrogen-bond acceptors (Lipinski definition) is 7.